The molecule has 0 heterocycles. The molecule has 3 nitrogen and oxygen atoms in total. The Morgan fingerprint density at radius 3 is 2.53 bits per heavy atom. The van der Waals surface area contributed by atoms with Gasteiger partial charge in [-0.3, -0.25) is 0 Å². The molecule has 1 saturated carbocycles. The molecule has 0 amide bonds. The average Bonchev–Trinajstić information content (AvgIpc) is 2.89. The Labute approximate surface area is 92.9 Å². The summed E-state index contributed by atoms with van der Waals surface area (Å²) in [7, 11) is 0. The quantitative estimate of drug-likeness (QED) is 0.680. The third-order valence-corrected chi connectivity index (χ3v) is 3.28. The number of benzene rings is 1. The molecule has 1 aliphatic rings. The average molecular weight is 229 g/mol. The SMILES string of the molecule is Cc1cc(O)c(O)c(Cl)c1CC1(O)CC1. The van der Waals surface area contributed by atoms with E-state index in [1.54, 1.807) is 6.92 Å². The van der Waals surface area contributed by atoms with E-state index in [1.807, 2.05) is 0 Å². The fourth-order valence-corrected chi connectivity index (χ4v) is 1.97. The topological polar surface area (TPSA) is 60.7 Å². The van der Waals surface area contributed by atoms with E-state index in [4.69, 9.17) is 11.6 Å². The maximum Gasteiger partial charge on any atom is 0.176 e. The molecule has 1 fully saturated rings. The van der Waals surface area contributed by atoms with Crippen molar-refractivity contribution in [1.82, 2.24) is 0 Å². The Morgan fingerprint density at radius 2 is 2.00 bits per heavy atom. The van der Waals surface area contributed by atoms with Crippen LogP contribution in [0.4, 0.5) is 0 Å². The molecule has 1 aromatic carbocycles. The van der Waals surface area contributed by atoms with E-state index in [1.165, 1.54) is 6.07 Å². The maximum absolute atomic E-state index is 9.79. The lowest BCUT2D eigenvalue weighted by Gasteiger charge is -2.14. The van der Waals surface area contributed by atoms with Gasteiger partial charge in [-0.25, -0.2) is 0 Å². The minimum atomic E-state index is -0.655. The number of halogens is 1. The standard InChI is InChI=1S/C11H13ClO3/c1-6-4-8(13)10(14)9(12)7(6)5-11(15)2-3-11/h4,13-15H,2-3,5H2,1H3. The van der Waals surface area contributed by atoms with Crippen molar-refractivity contribution in [2.75, 3.05) is 0 Å². The number of aryl methyl sites for hydroxylation is 1. The summed E-state index contributed by atoms with van der Waals surface area (Å²) in [6.07, 6.45) is 1.97. The summed E-state index contributed by atoms with van der Waals surface area (Å²) in [5, 5.41) is 28.7. The normalized spacial score (nSPS) is 17.8. The first-order valence-corrected chi connectivity index (χ1v) is 5.23. The highest BCUT2D eigenvalue weighted by Gasteiger charge is 2.41. The van der Waals surface area contributed by atoms with Crippen molar-refractivity contribution in [1.29, 1.82) is 0 Å². The van der Waals surface area contributed by atoms with Crippen molar-refractivity contribution < 1.29 is 15.3 Å². The molecule has 4 heteroatoms. The smallest absolute Gasteiger partial charge is 0.176 e. The molecule has 0 aromatic heterocycles. The van der Waals surface area contributed by atoms with Gasteiger partial charge in [0.2, 0.25) is 0 Å². The van der Waals surface area contributed by atoms with E-state index < -0.39 is 5.60 Å². The highest BCUT2D eigenvalue weighted by atomic mass is 35.5. The van der Waals surface area contributed by atoms with Gasteiger partial charge in [0, 0.05) is 6.42 Å². The van der Waals surface area contributed by atoms with Crippen LogP contribution in [0.1, 0.15) is 24.0 Å². The minimum Gasteiger partial charge on any atom is -0.504 e. The van der Waals surface area contributed by atoms with Gasteiger partial charge in [0.05, 0.1) is 10.6 Å². The number of phenols is 2. The lowest BCUT2D eigenvalue weighted by Crippen LogP contribution is -2.12. The second-order valence-electron chi connectivity index (χ2n) is 4.25. The zero-order chi connectivity index (χ0) is 11.2. The largest absolute Gasteiger partial charge is 0.504 e. The molecule has 0 atom stereocenters. The molecule has 0 saturated heterocycles. The maximum atomic E-state index is 9.79. The molecule has 0 unspecified atom stereocenters. The Kier molecular flexibility index (Phi) is 2.32. The first-order chi connectivity index (χ1) is 6.93. The van der Waals surface area contributed by atoms with Crippen LogP contribution in [0.2, 0.25) is 5.02 Å². The fourth-order valence-electron chi connectivity index (χ4n) is 1.66. The molecule has 0 spiro atoms. The summed E-state index contributed by atoms with van der Waals surface area (Å²) < 4.78 is 0. The van der Waals surface area contributed by atoms with Crippen LogP contribution >= 0.6 is 11.6 Å². The van der Waals surface area contributed by atoms with Gasteiger partial charge in [0.1, 0.15) is 0 Å². The van der Waals surface area contributed by atoms with Crippen molar-refractivity contribution in [2.24, 2.45) is 0 Å². The summed E-state index contributed by atoms with van der Waals surface area (Å²) >= 11 is 5.92. The van der Waals surface area contributed by atoms with Crippen molar-refractivity contribution >= 4 is 11.6 Å². The minimum absolute atomic E-state index is 0.146. The second kappa shape index (κ2) is 3.29. The third kappa shape index (κ3) is 1.90. The summed E-state index contributed by atoms with van der Waals surface area (Å²) in [5.74, 6) is -0.523. The van der Waals surface area contributed by atoms with Crippen LogP contribution in [0, 0.1) is 6.92 Å². The zero-order valence-electron chi connectivity index (χ0n) is 8.42. The van der Waals surface area contributed by atoms with Gasteiger partial charge < -0.3 is 15.3 Å². The molecule has 0 aliphatic heterocycles. The summed E-state index contributed by atoms with van der Waals surface area (Å²) in [5.41, 5.74) is 0.847. The monoisotopic (exact) mass is 228 g/mol. The van der Waals surface area contributed by atoms with Gasteiger partial charge in [-0.05, 0) is 37.0 Å². The molecule has 2 rings (SSSR count). The van der Waals surface area contributed by atoms with E-state index in [2.05, 4.69) is 0 Å². The summed E-state index contributed by atoms with van der Waals surface area (Å²) in [4.78, 5) is 0. The predicted octanol–water partition coefficient (Wildman–Crippen LogP) is 2.13. The van der Waals surface area contributed by atoms with E-state index in [9.17, 15) is 15.3 Å². The molecule has 82 valence electrons. The zero-order valence-corrected chi connectivity index (χ0v) is 9.17. The third-order valence-electron chi connectivity index (χ3n) is 2.88. The van der Waals surface area contributed by atoms with E-state index in [0.29, 0.717) is 12.0 Å². The molecule has 1 aromatic rings. The summed E-state index contributed by atoms with van der Waals surface area (Å²) in [6, 6.07) is 1.46. The van der Waals surface area contributed by atoms with Crippen LogP contribution < -0.4 is 0 Å². The Bertz CT molecular complexity index is 411. The Morgan fingerprint density at radius 1 is 1.40 bits per heavy atom. The first kappa shape index (κ1) is 10.6. The van der Waals surface area contributed by atoms with Crippen molar-refractivity contribution in [3.63, 3.8) is 0 Å². The van der Waals surface area contributed by atoms with Gasteiger partial charge in [-0.1, -0.05) is 11.6 Å². The van der Waals surface area contributed by atoms with Gasteiger partial charge >= 0.3 is 0 Å². The predicted molar refractivity (Wildman–Crippen MR) is 57.4 cm³/mol. The molecular weight excluding hydrogens is 216 g/mol. The number of aliphatic hydroxyl groups is 1. The van der Waals surface area contributed by atoms with Gasteiger partial charge in [-0.2, -0.15) is 0 Å². The molecular formula is C11H13ClO3. The van der Waals surface area contributed by atoms with Gasteiger partial charge in [0.15, 0.2) is 11.5 Å². The van der Waals surface area contributed by atoms with Crippen LogP contribution in [0.3, 0.4) is 0 Å². The number of phenolic OH excluding ortho intramolecular Hbond substituents is 2. The molecule has 0 bridgehead atoms. The molecule has 1 aliphatic carbocycles. The van der Waals surface area contributed by atoms with Crippen molar-refractivity contribution in [2.45, 2.75) is 31.8 Å². The lowest BCUT2D eigenvalue weighted by molar-refractivity contribution is 0.150. The molecule has 0 radical (unpaired) electrons. The van der Waals surface area contributed by atoms with Crippen LogP contribution in [0.15, 0.2) is 6.07 Å². The van der Waals surface area contributed by atoms with E-state index >= 15 is 0 Å². The van der Waals surface area contributed by atoms with Crippen LogP contribution in [0.5, 0.6) is 11.5 Å². The van der Waals surface area contributed by atoms with E-state index in [-0.39, 0.29) is 16.5 Å². The van der Waals surface area contributed by atoms with E-state index in [0.717, 1.165) is 18.4 Å². The van der Waals surface area contributed by atoms with Crippen molar-refractivity contribution in [3.8, 4) is 11.5 Å². The Hall–Kier alpha value is -0.930. The molecule has 3 N–H and O–H groups in total. The second-order valence-corrected chi connectivity index (χ2v) is 4.63. The fraction of sp³-hybridized carbons (Fsp3) is 0.455. The number of rotatable bonds is 2. The van der Waals surface area contributed by atoms with Gasteiger partial charge in [0.25, 0.3) is 0 Å². The first-order valence-electron chi connectivity index (χ1n) is 4.85. The highest BCUT2D eigenvalue weighted by molar-refractivity contribution is 6.33. The number of aromatic hydroxyl groups is 2. The Balaban J connectivity index is 2.41. The van der Waals surface area contributed by atoms with Crippen LogP contribution in [0.25, 0.3) is 0 Å². The van der Waals surface area contributed by atoms with Crippen LogP contribution in [-0.2, 0) is 6.42 Å². The highest BCUT2D eigenvalue weighted by Crippen LogP contribution is 2.44. The lowest BCUT2D eigenvalue weighted by atomic mass is 10.0. The van der Waals surface area contributed by atoms with Gasteiger partial charge in [-0.15, -0.1) is 0 Å². The van der Waals surface area contributed by atoms with Crippen molar-refractivity contribution in [3.05, 3.63) is 22.2 Å². The van der Waals surface area contributed by atoms with Crippen LogP contribution in [-0.4, -0.2) is 20.9 Å². The number of hydrogen-bond donors (Lipinski definition) is 3. The summed E-state index contributed by atoms with van der Waals surface area (Å²) in [6.45, 7) is 1.80. The number of hydrogen-bond acceptors (Lipinski definition) is 3. The molecule has 15 heavy (non-hydrogen) atoms.